The van der Waals surface area contributed by atoms with Gasteiger partial charge in [0.2, 0.25) is 0 Å². The Kier molecular flexibility index (Phi) is 4.76. The normalized spacial score (nSPS) is 12.2. The molecule has 0 aliphatic heterocycles. The van der Waals surface area contributed by atoms with E-state index in [0.717, 1.165) is 12.1 Å². The van der Waals surface area contributed by atoms with Crippen LogP contribution in [0.3, 0.4) is 0 Å². The second kappa shape index (κ2) is 7.02. The first-order valence-electron chi connectivity index (χ1n) is 7.76. The van der Waals surface area contributed by atoms with Gasteiger partial charge in [0.25, 0.3) is 5.91 Å². The molecule has 27 heavy (non-hydrogen) atoms. The standard InChI is InChI=1S/C18H14F3N5O/c1-11-6-13(8-14(7-11)18(19,20)21)17-24-10-26(25-17)9-15(16(22)27)12-2-4-23-5-3-12/h2-10H,1H3,(H2,22,27)/b15-9+. The Bertz CT molecular complexity index is 1010. The molecule has 6 nitrogen and oxygen atoms in total. The molecule has 9 heteroatoms. The molecule has 0 atom stereocenters. The maximum absolute atomic E-state index is 13.0. The maximum Gasteiger partial charge on any atom is 0.416 e. The Hall–Kier alpha value is -3.49. The second-order valence-corrected chi connectivity index (χ2v) is 5.78. The van der Waals surface area contributed by atoms with Crippen LogP contribution in [0.1, 0.15) is 16.7 Å². The van der Waals surface area contributed by atoms with E-state index in [4.69, 9.17) is 5.73 Å². The van der Waals surface area contributed by atoms with Gasteiger partial charge in [-0.1, -0.05) is 0 Å². The number of amides is 1. The van der Waals surface area contributed by atoms with Gasteiger partial charge in [0.15, 0.2) is 5.82 Å². The summed E-state index contributed by atoms with van der Waals surface area (Å²) in [5, 5.41) is 4.13. The number of hydrogen-bond donors (Lipinski definition) is 1. The molecule has 0 bridgehead atoms. The summed E-state index contributed by atoms with van der Waals surface area (Å²) in [6.45, 7) is 1.56. The average molecular weight is 373 g/mol. The molecule has 0 fully saturated rings. The molecular weight excluding hydrogens is 359 g/mol. The maximum atomic E-state index is 13.0. The van der Waals surface area contributed by atoms with Crippen molar-refractivity contribution in [3.05, 3.63) is 65.7 Å². The number of carbonyl (C=O) groups excluding carboxylic acids is 1. The van der Waals surface area contributed by atoms with Crippen LogP contribution in [0.5, 0.6) is 0 Å². The second-order valence-electron chi connectivity index (χ2n) is 5.78. The predicted octanol–water partition coefficient (Wildman–Crippen LogP) is 3.15. The number of carbonyl (C=O) groups is 1. The predicted molar refractivity (Wildman–Crippen MR) is 92.8 cm³/mol. The first-order chi connectivity index (χ1) is 12.7. The molecule has 2 N–H and O–H groups in total. The minimum Gasteiger partial charge on any atom is -0.366 e. The number of alkyl halides is 3. The zero-order valence-electron chi connectivity index (χ0n) is 14.1. The van der Waals surface area contributed by atoms with Crippen LogP contribution >= 0.6 is 0 Å². The van der Waals surface area contributed by atoms with Crippen LogP contribution in [0.4, 0.5) is 13.2 Å². The Labute approximate surface area is 152 Å². The number of pyridine rings is 1. The van der Waals surface area contributed by atoms with Gasteiger partial charge in [-0.3, -0.25) is 9.78 Å². The largest absolute Gasteiger partial charge is 0.416 e. The zero-order valence-corrected chi connectivity index (χ0v) is 14.1. The van der Waals surface area contributed by atoms with E-state index in [9.17, 15) is 18.0 Å². The van der Waals surface area contributed by atoms with Crippen molar-refractivity contribution in [2.45, 2.75) is 13.1 Å². The fraction of sp³-hybridized carbons (Fsp3) is 0.111. The van der Waals surface area contributed by atoms with Gasteiger partial charge in [-0.15, -0.1) is 5.10 Å². The van der Waals surface area contributed by atoms with Crippen molar-refractivity contribution in [2.24, 2.45) is 5.73 Å². The molecule has 2 heterocycles. The smallest absolute Gasteiger partial charge is 0.366 e. The lowest BCUT2D eigenvalue weighted by Crippen LogP contribution is -2.13. The molecule has 0 spiro atoms. The first kappa shape index (κ1) is 18.3. The molecule has 3 rings (SSSR count). The Morgan fingerprint density at radius 1 is 1.19 bits per heavy atom. The summed E-state index contributed by atoms with van der Waals surface area (Å²) in [5.74, 6) is -0.591. The minimum atomic E-state index is -4.47. The molecule has 1 aromatic carbocycles. The highest BCUT2D eigenvalue weighted by molar-refractivity contribution is 6.22. The van der Waals surface area contributed by atoms with Crippen LogP contribution in [-0.2, 0) is 11.0 Å². The molecule has 138 valence electrons. The molecule has 0 aliphatic carbocycles. The molecule has 3 aromatic rings. The van der Waals surface area contributed by atoms with E-state index in [1.807, 2.05) is 0 Å². The molecule has 0 unspecified atom stereocenters. The van der Waals surface area contributed by atoms with Gasteiger partial charge in [0.05, 0.1) is 11.1 Å². The van der Waals surface area contributed by atoms with E-state index in [0.29, 0.717) is 11.1 Å². The highest BCUT2D eigenvalue weighted by Crippen LogP contribution is 2.32. The fourth-order valence-electron chi connectivity index (χ4n) is 2.49. The topological polar surface area (TPSA) is 86.7 Å². The summed E-state index contributed by atoms with van der Waals surface area (Å²) in [4.78, 5) is 19.6. The van der Waals surface area contributed by atoms with Gasteiger partial charge in [0, 0.05) is 24.2 Å². The first-order valence-corrected chi connectivity index (χ1v) is 7.76. The van der Waals surface area contributed by atoms with E-state index in [1.165, 1.54) is 29.6 Å². The lowest BCUT2D eigenvalue weighted by Gasteiger charge is -2.09. The van der Waals surface area contributed by atoms with Gasteiger partial charge in [-0.2, -0.15) is 13.2 Å². The quantitative estimate of drug-likeness (QED) is 0.712. The van der Waals surface area contributed by atoms with Gasteiger partial charge in [0.1, 0.15) is 6.33 Å². The third kappa shape index (κ3) is 4.20. The van der Waals surface area contributed by atoms with Crippen LogP contribution in [0.2, 0.25) is 0 Å². The summed E-state index contributed by atoms with van der Waals surface area (Å²) in [7, 11) is 0. The van der Waals surface area contributed by atoms with Gasteiger partial charge in [-0.05, 0) is 48.4 Å². The average Bonchev–Trinajstić information content (AvgIpc) is 3.08. The number of rotatable bonds is 4. The zero-order chi connectivity index (χ0) is 19.6. The fourth-order valence-corrected chi connectivity index (χ4v) is 2.49. The van der Waals surface area contributed by atoms with Crippen molar-refractivity contribution in [1.82, 2.24) is 19.7 Å². The molecule has 2 aromatic heterocycles. The number of aromatic nitrogens is 4. The molecule has 0 aliphatic rings. The van der Waals surface area contributed by atoms with Gasteiger partial charge < -0.3 is 5.73 Å². The monoisotopic (exact) mass is 373 g/mol. The number of nitrogens with two attached hydrogens (primary N) is 1. The molecule has 0 radical (unpaired) electrons. The summed E-state index contributed by atoms with van der Waals surface area (Å²) in [6.07, 6.45) is 1.18. The van der Waals surface area contributed by atoms with Crippen molar-refractivity contribution in [3.8, 4) is 11.4 Å². The summed E-state index contributed by atoms with van der Waals surface area (Å²) >= 11 is 0. The van der Waals surface area contributed by atoms with E-state index in [-0.39, 0.29) is 17.0 Å². The number of nitrogens with zero attached hydrogens (tertiary/aromatic N) is 4. The molecule has 0 saturated heterocycles. The Balaban J connectivity index is 2.00. The van der Waals surface area contributed by atoms with Crippen molar-refractivity contribution in [2.75, 3.05) is 0 Å². The van der Waals surface area contributed by atoms with Crippen LogP contribution in [0.15, 0.2) is 49.1 Å². The number of halogens is 3. The minimum absolute atomic E-state index is 0.0963. The van der Waals surface area contributed by atoms with Crippen molar-refractivity contribution >= 4 is 17.7 Å². The highest BCUT2D eigenvalue weighted by atomic mass is 19.4. The Morgan fingerprint density at radius 3 is 2.52 bits per heavy atom. The summed E-state index contributed by atoms with van der Waals surface area (Å²) in [6, 6.07) is 6.79. The molecular formula is C18H14F3N5O. The van der Waals surface area contributed by atoms with Gasteiger partial charge >= 0.3 is 6.18 Å². The van der Waals surface area contributed by atoms with E-state index in [1.54, 1.807) is 25.1 Å². The van der Waals surface area contributed by atoms with Crippen LogP contribution in [-0.4, -0.2) is 25.7 Å². The van der Waals surface area contributed by atoms with E-state index < -0.39 is 17.6 Å². The lowest BCUT2D eigenvalue weighted by molar-refractivity contribution is -0.137. The van der Waals surface area contributed by atoms with Crippen molar-refractivity contribution in [3.63, 3.8) is 0 Å². The number of aryl methyl sites for hydroxylation is 1. The summed E-state index contributed by atoms with van der Waals surface area (Å²) < 4.78 is 40.2. The lowest BCUT2D eigenvalue weighted by atomic mass is 10.1. The molecule has 1 amide bonds. The van der Waals surface area contributed by atoms with Gasteiger partial charge in [-0.25, -0.2) is 9.67 Å². The van der Waals surface area contributed by atoms with E-state index >= 15 is 0 Å². The summed E-state index contributed by atoms with van der Waals surface area (Å²) in [5.41, 5.74) is 5.98. The Morgan fingerprint density at radius 2 is 1.89 bits per heavy atom. The van der Waals surface area contributed by atoms with Crippen LogP contribution < -0.4 is 5.73 Å². The highest BCUT2D eigenvalue weighted by Gasteiger charge is 2.31. The van der Waals surface area contributed by atoms with Crippen LogP contribution in [0, 0.1) is 6.92 Å². The third-order valence-corrected chi connectivity index (χ3v) is 3.69. The number of benzene rings is 1. The molecule has 0 saturated carbocycles. The number of primary amides is 1. The SMILES string of the molecule is Cc1cc(-c2ncn(/C=C(/C(N)=O)c3ccncc3)n2)cc(C(F)(F)F)c1. The van der Waals surface area contributed by atoms with Crippen LogP contribution in [0.25, 0.3) is 23.2 Å². The number of hydrogen-bond acceptors (Lipinski definition) is 4. The van der Waals surface area contributed by atoms with E-state index in [2.05, 4.69) is 15.1 Å². The van der Waals surface area contributed by atoms with Crippen molar-refractivity contribution in [1.29, 1.82) is 0 Å². The third-order valence-electron chi connectivity index (χ3n) is 3.69. The van der Waals surface area contributed by atoms with Crippen molar-refractivity contribution < 1.29 is 18.0 Å².